The number of amides is 1. The molecule has 0 aliphatic heterocycles. The number of pyridine rings is 1. The first-order chi connectivity index (χ1) is 13.8. The average molecular weight is 371 g/mol. The first-order valence-electron chi connectivity index (χ1n) is 9.21. The molecule has 2 aromatic heterocycles. The summed E-state index contributed by atoms with van der Waals surface area (Å²) in [6.07, 6.45) is 7.08. The summed E-state index contributed by atoms with van der Waals surface area (Å²) in [5.41, 5.74) is 11.0. The average Bonchev–Trinajstić information content (AvgIpc) is 3.15. The van der Waals surface area contributed by atoms with E-state index in [9.17, 15) is 4.79 Å². The van der Waals surface area contributed by atoms with Crippen LogP contribution in [0.1, 0.15) is 11.1 Å². The van der Waals surface area contributed by atoms with Crippen LogP contribution in [0.25, 0.3) is 11.0 Å². The van der Waals surface area contributed by atoms with E-state index >= 15 is 0 Å². The van der Waals surface area contributed by atoms with Crippen molar-refractivity contribution in [2.24, 2.45) is 0 Å². The highest BCUT2D eigenvalue weighted by Crippen LogP contribution is 2.17. The first-order valence-corrected chi connectivity index (χ1v) is 9.21. The quantitative estimate of drug-likeness (QED) is 0.489. The molecule has 140 valence electrons. The largest absolute Gasteiger partial charge is 0.321 e. The van der Waals surface area contributed by atoms with Crippen molar-refractivity contribution < 1.29 is 4.79 Å². The molecule has 6 nitrogen and oxygen atoms in total. The maximum atomic E-state index is 12.4. The number of benzene rings is 2. The third kappa shape index (κ3) is 4.17. The highest BCUT2D eigenvalue weighted by atomic mass is 16.2. The molecule has 2 aromatic carbocycles. The number of para-hydroxylation sites is 3. The minimum Gasteiger partial charge on any atom is -0.321 e. The van der Waals surface area contributed by atoms with Gasteiger partial charge in [0, 0.05) is 12.4 Å². The molecule has 0 saturated carbocycles. The zero-order valence-electron chi connectivity index (χ0n) is 15.4. The van der Waals surface area contributed by atoms with Crippen LogP contribution in [-0.4, -0.2) is 20.4 Å². The van der Waals surface area contributed by atoms with Crippen molar-refractivity contribution in [2.75, 3.05) is 5.43 Å². The van der Waals surface area contributed by atoms with Crippen molar-refractivity contribution >= 4 is 22.6 Å². The molecule has 0 aliphatic carbocycles. The van der Waals surface area contributed by atoms with Crippen LogP contribution in [0.3, 0.4) is 0 Å². The summed E-state index contributed by atoms with van der Waals surface area (Å²) >= 11 is 0. The van der Waals surface area contributed by atoms with Gasteiger partial charge in [-0.05, 0) is 54.3 Å². The lowest BCUT2D eigenvalue weighted by Crippen LogP contribution is -2.32. The SMILES string of the molecule is O=C(Cn1cnc2ccccc21)NNc1ccccc1CCc1ccncc1. The van der Waals surface area contributed by atoms with E-state index in [-0.39, 0.29) is 12.5 Å². The van der Waals surface area contributed by atoms with E-state index in [1.807, 2.05) is 59.2 Å². The van der Waals surface area contributed by atoms with Gasteiger partial charge >= 0.3 is 0 Å². The predicted octanol–water partition coefficient (Wildman–Crippen LogP) is 3.36. The molecule has 0 aliphatic rings. The van der Waals surface area contributed by atoms with E-state index < -0.39 is 0 Å². The van der Waals surface area contributed by atoms with Crippen molar-refractivity contribution in [1.82, 2.24) is 20.0 Å². The third-order valence-electron chi connectivity index (χ3n) is 4.63. The fraction of sp³-hybridized carbons (Fsp3) is 0.136. The second-order valence-corrected chi connectivity index (χ2v) is 6.55. The molecule has 0 spiro atoms. The number of carbonyl (C=O) groups is 1. The number of hydrazine groups is 1. The van der Waals surface area contributed by atoms with Gasteiger partial charge in [-0.3, -0.25) is 20.6 Å². The lowest BCUT2D eigenvalue weighted by Gasteiger charge is -2.13. The second kappa shape index (κ2) is 8.35. The van der Waals surface area contributed by atoms with E-state index in [0.29, 0.717) is 0 Å². The summed E-state index contributed by atoms with van der Waals surface area (Å²) in [7, 11) is 0. The fourth-order valence-corrected chi connectivity index (χ4v) is 3.16. The molecular weight excluding hydrogens is 350 g/mol. The molecule has 0 atom stereocenters. The first kappa shape index (κ1) is 17.7. The van der Waals surface area contributed by atoms with Crippen LogP contribution >= 0.6 is 0 Å². The smallest absolute Gasteiger partial charge is 0.258 e. The van der Waals surface area contributed by atoms with Gasteiger partial charge in [-0.15, -0.1) is 0 Å². The van der Waals surface area contributed by atoms with Crippen LogP contribution in [0, 0.1) is 0 Å². The number of fused-ring (bicyclic) bond motifs is 1. The standard InChI is InChI=1S/C22H21N5O/c28-22(15-27-16-24-20-7-3-4-8-21(20)27)26-25-19-6-2-1-5-18(19)10-9-17-11-13-23-14-12-17/h1-8,11-14,16,25H,9-10,15H2,(H,26,28). The monoisotopic (exact) mass is 371 g/mol. The molecule has 0 bridgehead atoms. The lowest BCUT2D eigenvalue weighted by atomic mass is 10.0. The van der Waals surface area contributed by atoms with Crippen molar-refractivity contribution in [3.8, 4) is 0 Å². The van der Waals surface area contributed by atoms with Crippen LogP contribution in [0.5, 0.6) is 0 Å². The minimum atomic E-state index is -0.132. The number of hydrogen-bond acceptors (Lipinski definition) is 4. The zero-order chi connectivity index (χ0) is 19.2. The molecule has 0 fully saturated rings. The Labute approximate surface area is 163 Å². The van der Waals surface area contributed by atoms with Crippen molar-refractivity contribution in [2.45, 2.75) is 19.4 Å². The Morgan fingerprint density at radius 1 is 0.929 bits per heavy atom. The van der Waals surface area contributed by atoms with Gasteiger partial charge < -0.3 is 4.57 Å². The number of aryl methyl sites for hydroxylation is 2. The number of rotatable bonds is 7. The molecular formula is C22H21N5O. The van der Waals surface area contributed by atoms with E-state index in [1.165, 1.54) is 5.56 Å². The van der Waals surface area contributed by atoms with Gasteiger partial charge in [-0.1, -0.05) is 30.3 Å². The summed E-state index contributed by atoms with van der Waals surface area (Å²) < 4.78 is 1.84. The van der Waals surface area contributed by atoms with E-state index in [2.05, 4.69) is 26.9 Å². The number of imidazole rings is 1. The number of nitrogens with zero attached hydrogens (tertiary/aromatic N) is 3. The van der Waals surface area contributed by atoms with Crippen LogP contribution in [0.2, 0.25) is 0 Å². The number of aromatic nitrogens is 3. The maximum absolute atomic E-state index is 12.4. The highest BCUT2D eigenvalue weighted by molar-refractivity contribution is 5.81. The van der Waals surface area contributed by atoms with Crippen molar-refractivity contribution in [1.29, 1.82) is 0 Å². The van der Waals surface area contributed by atoms with Gasteiger partial charge in [0.1, 0.15) is 6.54 Å². The fourth-order valence-electron chi connectivity index (χ4n) is 3.16. The Kier molecular flexibility index (Phi) is 5.29. The van der Waals surface area contributed by atoms with E-state index in [1.54, 1.807) is 18.7 Å². The highest BCUT2D eigenvalue weighted by Gasteiger charge is 2.08. The summed E-state index contributed by atoms with van der Waals surface area (Å²) in [6, 6.07) is 19.8. The Balaban J connectivity index is 1.37. The van der Waals surface area contributed by atoms with Crippen molar-refractivity contribution in [3.05, 3.63) is 90.5 Å². The minimum absolute atomic E-state index is 0.132. The third-order valence-corrected chi connectivity index (χ3v) is 4.63. The molecule has 2 heterocycles. The number of carbonyl (C=O) groups excluding carboxylic acids is 1. The summed E-state index contributed by atoms with van der Waals surface area (Å²) in [6.45, 7) is 0.201. The van der Waals surface area contributed by atoms with Gasteiger partial charge in [0.15, 0.2) is 0 Å². The van der Waals surface area contributed by atoms with Gasteiger partial charge in [-0.2, -0.15) is 0 Å². The van der Waals surface area contributed by atoms with Crippen LogP contribution in [0.15, 0.2) is 79.4 Å². The maximum Gasteiger partial charge on any atom is 0.258 e. The van der Waals surface area contributed by atoms with Crippen LogP contribution < -0.4 is 10.9 Å². The normalized spacial score (nSPS) is 10.7. The molecule has 2 N–H and O–H groups in total. The van der Waals surface area contributed by atoms with E-state index in [0.717, 1.165) is 35.1 Å². The van der Waals surface area contributed by atoms with Gasteiger partial charge in [-0.25, -0.2) is 4.98 Å². The Hall–Kier alpha value is -3.67. The molecule has 1 amide bonds. The molecule has 6 heteroatoms. The Morgan fingerprint density at radius 2 is 1.71 bits per heavy atom. The number of hydrogen-bond donors (Lipinski definition) is 2. The molecule has 0 saturated heterocycles. The van der Waals surface area contributed by atoms with E-state index in [4.69, 9.17) is 0 Å². The molecule has 0 unspecified atom stereocenters. The predicted molar refractivity (Wildman–Crippen MR) is 110 cm³/mol. The lowest BCUT2D eigenvalue weighted by molar-refractivity contribution is -0.121. The number of nitrogens with one attached hydrogen (secondary N) is 2. The van der Waals surface area contributed by atoms with Gasteiger partial charge in [0.05, 0.1) is 23.0 Å². The van der Waals surface area contributed by atoms with Gasteiger partial charge in [0.2, 0.25) is 0 Å². The van der Waals surface area contributed by atoms with Crippen molar-refractivity contribution in [3.63, 3.8) is 0 Å². The Morgan fingerprint density at radius 3 is 2.61 bits per heavy atom. The summed E-state index contributed by atoms with van der Waals surface area (Å²) in [4.78, 5) is 20.8. The van der Waals surface area contributed by atoms with Gasteiger partial charge in [0.25, 0.3) is 5.91 Å². The summed E-state index contributed by atoms with van der Waals surface area (Å²) in [5, 5.41) is 0. The topological polar surface area (TPSA) is 71.8 Å². The molecule has 4 aromatic rings. The van der Waals surface area contributed by atoms with Crippen LogP contribution in [0.4, 0.5) is 5.69 Å². The number of anilines is 1. The zero-order valence-corrected chi connectivity index (χ0v) is 15.4. The Bertz CT molecular complexity index is 1070. The molecule has 4 rings (SSSR count). The summed E-state index contributed by atoms with van der Waals surface area (Å²) in [5.74, 6) is -0.132. The molecule has 0 radical (unpaired) electrons. The molecule has 28 heavy (non-hydrogen) atoms. The second-order valence-electron chi connectivity index (χ2n) is 6.55. The van der Waals surface area contributed by atoms with Crippen LogP contribution in [-0.2, 0) is 24.2 Å².